The topological polar surface area (TPSA) is 44.5 Å². The fourth-order valence-corrected chi connectivity index (χ4v) is 2.52. The SMILES string of the molecule is CCOc1cc(C(N)=S)cc(Br)c1OCc1ccc(F)cc1. The van der Waals surface area contributed by atoms with Crippen molar-refractivity contribution in [1.29, 1.82) is 0 Å². The van der Waals surface area contributed by atoms with Gasteiger partial charge in [0.2, 0.25) is 0 Å². The Balaban J connectivity index is 2.25. The minimum atomic E-state index is -0.277. The van der Waals surface area contributed by atoms with Crippen LogP contribution in [-0.4, -0.2) is 11.6 Å². The Hall–Kier alpha value is -1.66. The Morgan fingerprint density at radius 1 is 1.23 bits per heavy atom. The maximum absolute atomic E-state index is 12.9. The van der Waals surface area contributed by atoms with Gasteiger partial charge in [0, 0.05) is 5.56 Å². The molecule has 0 radical (unpaired) electrons. The van der Waals surface area contributed by atoms with Crippen LogP contribution in [0.5, 0.6) is 11.5 Å². The lowest BCUT2D eigenvalue weighted by Crippen LogP contribution is -2.10. The third-order valence-corrected chi connectivity index (χ3v) is 3.72. The van der Waals surface area contributed by atoms with Gasteiger partial charge in [-0.25, -0.2) is 4.39 Å². The first kappa shape index (κ1) is 16.7. The zero-order valence-corrected chi connectivity index (χ0v) is 14.3. The second-order valence-corrected chi connectivity index (χ2v) is 5.79. The molecule has 0 amide bonds. The second-order valence-electron chi connectivity index (χ2n) is 4.50. The van der Waals surface area contributed by atoms with E-state index < -0.39 is 0 Å². The lowest BCUT2D eigenvalue weighted by Gasteiger charge is -2.15. The van der Waals surface area contributed by atoms with Crippen LogP contribution in [-0.2, 0) is 6.61 Å². The van der Waals surface area contributed by atoms with Crippen LogP contribution in [0.15, 0.2) is 40.9 Å². The Morgan fingerprint density at radius 2 is 1.91 bits per heavy atom. The molecule has 0 heterocycles. The van der Waals surface area contributed by atoms with E-state index in [1.807, 2.05) is 6.92 Å². The number of halogens is 2. The molecule has 3 nitrogen and oxygen atoms in total. The molecule has 0 fully saturated rings. The molecule has 0 saturated carbocycles. The van der Waals surface area contributed by atoms with Gasteiger partial charge >= 0.3 is 0 Å². The van der Waals surface area contributed by atoms with E-state index in [9.17, 15) is 4.39 Å². The average molecular weight is 384 g/mol. The quantitative estimate of drug-likeness (QED) is 0.759. The van der Waals surface area contributed by atoms with Crippen molar-refractivity contribution in [2.45, 2.75) is 13.5 Å². The zero-order chi connectivity index (χ0) is 16.1. The first-order valence-corrected chi connectivity index (χ1v) is 7.84. The van der Waals surface area contributed by atoms with Crippen LogP contribution in [0, 0.1) is 5.82 Å². The highest BCUT2D eigenvalue weighted by Gasteiger charge is 2.13. The molecule has 2 N–H and O–H groups in total. The normalized spacial score (nSPS) is 10.3. The Morgan fingerprint density at radius 3 is 2.50 bits per heavy atom. The minimum absolute atomic E-state index is 0.277. The molecule has 0 aliphatic heterocycles. The van der Waals surface area contributed by atoms with Gasteiger partial charge in [-0.15, -0.1) is 0 Å². The van der Waals surface area contributed by atoms with Crippen LogP contribution < -0.4 is 15.2 Å². The molecule has 0 unspecified atom stereocenters. The zero-order valence-electron chi connectivity index (χ0n) is 11.9. The van der Waals surface area contributed by atoms with Crippen molar-refractivity contribution < 1.29 is 13.9 Å². The molecule has 116 valence electrons. The first-order chi connectivity index (χ1) is 10.5. The molecule has 6 heteroatoms. The van der Waals surface area contributed by atoms with Gasteiger partial charge in [0.1, 0.15) is 17.4 Å². The first-order valence-electron chi connectivity index (χ1n) is 6.64. The van der Waals surface area contributed by atoms with Crippen LogP contribution in [0.3, 0.4) is 0 Å². The van der Waals surface area contributed by atoms with Crippen molar-refractivity contribution in [3.8, 4) is 11.5 Å². The van der Waals surface area contributed by atoms with E-state index in [2.05, 4.69) is 15.9 Å². The summed E-state index contributed by atoms with van der Waals surface area (Å²) in [7, 11) is 0. The molecular weight excluding hydrogens is 369 g/mol. The van der Waals surface area contributed by atoms with Gasteiger partial charge in [0.05, 0.1) is 11.1 Å². The van der Waals surface area contributed by atoms with E-state index in [1.54, 1.807) is 24.3 Å². The lowest BCUT2D eigenvalue weighted by molar-refractivity contribution is 0.267. The van der Waals surface area contributed by atoms with Crippen LogP contribution in [0.1, 0.15) is 18.1 Å². The van der Waals surface area contributed by atoms with Gasteiger partial charge in [-0.2, -0.15) is 0 Å². The summed E-state index contributed by atoms with van der Waals surface area (Å²) in [5, 5.41) is 0. The summed E-state index contributed by atoms with van der Waals surface area (Å²) < 4.78 is 25.0. The van der Waals surface area contributed by atoms with Crippen LogP contribution in [0.25, 0.3) is 0 Å². The highest BCUT2D eigenvalue weighted by molar-refractivity contribution is 9.10. The van der Waals surface area contributed by atoms with Crippen molar-refractivity contribution >= 4 is 33.1 Å². The van der Waals surface area contributed by atoms with Gasteiger partial charge in [0.25, 0.3) is 0 Å². The summed E-state index contributed by atoms with van der Waals surface area (Å²) in [5.74, 6) is 0.841. The van der Waals surface area contributed by atoms with Crippen molar-refractivity contribution in [2.75, 3.05) is 6.61 Å². The van der Waals surface area contributed by atoms with E-state index in [1.165, 1.54) is 12.1 Å². The highest BCUT2D eigenvalue weighted by Crippen LogP contribution is 2.37. The van der Waals surface area contributed by atoms with Crippen LogP contribution in [0.4, 0.5) is 4.39 Å². The fourth-order valence-electron chi connectivity index (χ4n) is 1.85. The minimum Gasteiger partial charge on any atom is -0.490 e. The summed E-state index contributed by atoms with van der Waals surface area (Å²) in [5.41, 5.74) is 7.21. The monoisotopic (exact) mass is 383 g/mol. The van der Waals surface area contributed by atoms with Gasteiger partial charge in [-0.1, -0.05) is 24.4 Å². The van der Waals surface area contributed by atoms with Crippen molar-refractivity contribution in [2.24, 2.45) is 5.73 Å². The van der Waals surface area contributed by atoms with Crippen LogP contribution in [0.2, 0.25) is 0 Å². The molecule has 0 saturated heterocycles. The smallest absolute Gasteiger partial charge is 0.175 e. The molecular formula is C16H15BrFNO2S. The summed E-state index contributed by atoms with van der Waals surface area (Å²) >= 11 is 8.43. The molecule has 0 aliphatic rings. The van der Waals surface area contributed by atoms with E-state index in [4.69, 9.17) is 27.4 Å². The fraction of sp³-hybridized carbons (Fsp3) is 0.188. The largest absolute Gasteiger partial charge is 0.490 e. The number of hydrogen-bond acceptors (Lipinski definition) is 3. The predicted octanol–water partition coefficient (Wildman–Crippen LogP) is 4.20. The Labute approximate surface area is 142 Å². The molecule has 2 aromatic rings. The summed E-state index contributed by atoms with van der Waals surface area (Å²) in [6, 6.07) is 9.67. The highest BCUT2D eigenvalue weighted by atomic mass is 79.9. The van der Waals surface area contributed by atoms with Gasteiger partial charge in [-0.05, 0) is 52.7 Å². The van der Waals surface area contributed by atoms with Crippen molar-refractivity contribution in [1.82, 2.24) is 0 Å². The lowest BCUT2D eigenvalue weighted by atomic mass is 10.2. The standard InChI is InChI=1S/C16H15BrFNO2S/c1-2-20-14-8-11(16(19)22)7-13(17)15(14)21-9-10-3-5-12(18)6-4-10/h3-8H,2,9H2,1H3,(H2,19,22). The molecule has 0 aromatic heterocycles. The maximum atomic E-state index is 12.9. The van der Waals surface area contributed by atoms with Gasteiger partial charge in [-0.3, -0.25) is 0 Å². The number of rotatable bonds is 6. The molecule has 0 spiro atoms. The molecule has 22 heavy (non-hydrogen) atoms. The number of hydrogen-bond donors (Lipinski definition) is 1. The van der Waals surface area contributed by atoms with E-state index in [0.717, 1.165) is 5.56 Å². The van der Waals surface area contributed by atoms with E-state index >= 15 is 0 Å². The summed E-state index contributed by atoms with van der Waals surface area (Å²) in [6.07, 6.45) is 0. The van der Waals surface area contributed by atoms with Gasteiger partial charge in [0.15, 0.2) is 11.5 Å². The van der Waals surface area contributed by atoms with E-state index in [-0.39, 0.29) is 10.8 Å². The van der Waals surface area contributed by atoms with Crippen molar-refractivity contribution in [3.05, 3.63) is 57.8 Å². The van der Waals surface area contributed by atoms with Crippen molar-refractivity contribution in [3.63, 3.8) is 0 Å². The third kappa shape index (κ3) is 4.18. The Kier molecular flexibility index (Phi) is 5.74. The Bertz CT molecular complexity index is 677. The molecule has 2 aromatic carbocycles. The predicted molar refractivity (Wildman–Crippen MR) is 91.9 cm³/mol. The maximum Gasteiger partial charge on any atom is 0.175 e. The number of ether oxygens (including phenoxy) is 2. The third-order valence-electron chi connectivity index (χ3n) is 2.89. The van der Waals surface area contributed by atoms with E-state index in [0.29, 0.717) is 34.7 Å². The second kappa shape index (κ2) is 7.56. The van der Waals surface area contributed by atoms with Crippen LogP contribution >= 0.6 is 28.1 Å². The molecule has 0 aliphatic carbocycles. The molecule has 0 atom stereocenters. The molecule has 0 bridgehead atoms. The number of thiocarbonyl (C=S) groups is 1. The average Bonchev–Trinajstić information content (AvgIpc) is 2.48. The van der Waals surface area contributed by atoms with Gasteiger partial charge < -0.3 is 15.2 Å². The summed E-state index contributed by atoms with van der Waals surface area (Å²) in [6.45, 7) is 2.66. The number of benzene rings is 2. The molecule has 2 rings (SSSR count). The summed E-state index contributed by atoms with van der Waals surface area (Å²) in [4.78, 5) is 0.284. The number of nitrogens with two attached hydrogens (primary N) is 1.